The Balaban J connectivity index is 2.10. The van der Waals surface area contributed by atoms with Gasteiger partial charge < -0.3 is 10.3 Å². The van der Waals surface area contributed by atoms with E-state index in [1.54, 1.807) is 0 Å². The average Bonchev–Trinajstić information content (AvgIpc) is 2.57. The Hall–Kier alpha value is -0.750. The van der Waals surface area contributed by atoms with E-state index in [-0.39, 0.29) is 0 Å². The molecule has 3 heteroatoms. The fraction of sp³-hybridized carbons (Fsp3) is 0.455. The van der Waals surface area contributed by atoms with Gasteiger partial charge in [-0.15, -0.1) is 0 Å². The van der Waals surface area contributed by atoms with Gasteiger partial charge in [0.15, 0.2) is 0 Å². The van der Waals surface area contributed by atoms with E-state index in [2.05, 4.69) is 0 Å². The normalized spacial score (nSPS) is 19.7. The SMILES string of the molecule is Nc1ccc(CP2(=O)CCCC2)cc1. The minimum absolute atomic E-state index is 0.771. The largest absolute Gasteiger partial charge is 0.399 e. The molecule has 76 valence electrons. The maximum absolute atomic E-state index is 12.2. The fourth-order valence-electron chi connectivity index (χ4n) is 2.03. The smallest absolute Gasteiger partial charge is 0.0919 e. The van der Waals surface area contributed by atoms with Gasteiger partial charge in [-0.2, -0.15) is 0 Å². The third-order valence-electron chi connectivity index (χ3n) is 2.83. The summed E-state index contributed by atoms with van der Waals surface area (Å²) in [7, 11) is -1.85. The van der Waals surface area contributed by atoms with E-state index in [1.807, 2.05) is 24.3 Å². The minimum atomic E-state index is -1.85. The molecule has 2 N–H and O–H groups in total. The fourth-order valence-corrected chi connectivity index (χ4v) is 5.04. The van der Waals surface area contributed by atoms with Crippen LogP contribution in [-0.2, 0) is 10.7 Å². The number of anilines is 1. The van der Waals surface area contributed by atoms with Crippen LogP contribution in [0.4, 0.5) is 5.69 Å². The first-order valence-electron chi connectivity index (χ1n) is 5.09. The first-order chi connectivity index (χ1) is 6.68. The highest BCUT2D eigenvalue weighted by Crippen LogP contribution is 2.54. The maximum Gasteiger partial charge on any atom is 0.0919 e. The van der Waals surface area contributed by atoms with Gasteiger partial charge in [0.2, 0.25) is 0 Å². The van der Waals surface area contributed by atoms with Crippen LogP contribution in [-0.4, -0.2) is 12.3 Å². The summed E-state index contributed by atoms with van der Waals surface area (Å²) in [4.78, 5) is 0. The Morgan fingerprint density at radius 3 is 2.29 bits per heavy atom. The quantitative estimate of drug-likeness (QED) is 0.601. The van der Waals surface area contributed by atoms with Crippen LogP contribution >= 0.6 is 7.14 Å². The zero-order chi connectivity index (χ0) is 10.0. The molecule has 2 nitrogen and oxygen atoms in total. The molecular weight excluding hydrogens is 193 g/mol. The topological polar surface area (TPSA) is 43.1 Å². The molecule has 1 aliphatic heterocycles. The molecule has 0 radical (unpaired) electrons. The van der Waals surface area contributed by atoms with E-state index >= 15 is 0 Å². The first kappa shape index (κ1) is 9.79. The Bertz CT molecular complexity index is 348. The lowest BCUT2D eigenvalue weighted by Crippen LogP contribution is -1.91. The van der Waals surface area contributed by atoms with Crippen LogP contribution in [0.5, 0.6) is 0 Å². The standard InChI is InChI=1S/C11H16NOP/c12-11-5-3-10(4-6-11)9-14(13)7-1-2-8-14/h3-6H,1-2,7-9,12H2. The number of rotatable bonds is 2. The molecule has 0 saturated carbocycles. The van der Waals surface area contributed by atoms with Crippen molar-refractivity contribution in [2.24, 2.45) is 0 Å². The Labute approximate surface area is 84.9 Å². The van der Waals surface area contributed by atoms with Gasteiger partial charge in [-0.25, -0.2) is 0 Å². The van der Waals surface area contributed by atoms with Crippen LogP contribution in [0, 0.1) is 0 Å². The van der Waals surface area contributed by atoms with Crippen molar-refractivity contribution in [2.75, 3.05) is 18.1 Å². The second-order valence-electron chi connectivity index (χ2n) is 4.11. The molecule has 14 heavy (non-hydrogen) atoms. The third kappa shape index (κ3) is 2.19. The van der Waals surface area contributed by atoms with Crippen molar-refractivity contribution in [1.29, 1.82) is 0 Å². The summed E-state index contributed by atoms with van der Waals surface area (Å²) in [6.07, 6.45) is 4.94. The highest BCUT2D eigenvalue weighted by molar-refractivity contribution is 7.63. The van der Waals surface area contributed by atoms with E-state index in [9.17, 15) is 4.57 Å². The van der Waals surface area contributed by atoms with Crippen LogP contribution < -0.4 is 5.73 Å². The summed E-state index contributed by atoms with van der Waals surface area (Å²) in [5, 5.41) is 0. The van der Waals surface area contributed by atoms with Gasteiger partial charge >= 0.3 is 0 Å². The van der Waals surface area contributed by atoms with Gasteiger partial charge in [0.25, 0.3) is 0 Å². The molecule has 0 bridgehead atoms. The summed E-state index contributed by atoms with van der Waals surface area (Å²) in [6.45, 7) is 0. The zero-order valence-corrected chi connectivity index (χ0v) is 9.17. The highest BCUT2D eigenvalue weighted by Gasteiger charge is 2.26. The summed E-state index contributed by atoms with van der Waals surface area (Å²) >= 11 is 0. The molecule has 0 aromatic heterocycles. The van der Waals surface area contributed by atoms with Crippen LogP contribution in [0.1, 0.15) is 18.4 Å². The molecule has 1 aliphatic rings. The van der Waals surface area contributed by atoms with Gasteiger partial charge in [0, 0.05) is 24.2 Å². The third-order valence-corrected chi connectivity index (χ3v) is 6.04. The second-order valence-corrected chi connectivity index (χ2v) is 7.44. The van der Waals surface area contributed by atoms with E-state index in [1.165, 1.54) is 5.56 Å². The Morgan fingerprint density at radius 1 is 1.14 bits per heavy atom. The van der Waals surface area contributed by atoms with E-state index in [4.69, 9.17) is 5.73 Å². The number of nitrogen functional groups attached to an aromatic ring is 1. The van der Waals surface area contributed by atoms with Gasteiger partial charge in [0.05, 0.1) is 7.14 Å². The number of benzene rings is 1. The number of hydrogen-bond donors (Lipinski definition) is 1. The first-order valence-corrected chi connectivity index (χ1v) is 7.36. The molecule has 1 aromatic carbocycles. The van der Waals surface area contributed by atoms with Crippen LogP contribution in [0.25, 0.3) is 0 Å². The van der Waals surface area contributed by atoms with Crippen molar-refractivity contribution in [2.45, 2.75) is 19.0 Å². The summed E-state index contributed by atoms with van der Waals surface area (Å²) in [5.74, 6) is 0. The summed E-state index contributed by atoms with van der Waals surface area (Å²) in [6, 6.07) is 7.76. The van der Waals surface area contributed by atoms with Crippen molar-refractivity contribution >= 4 is 12.8 Å². The predicted molar refractivity (Wildman–Crippen MR) is 61.1 cm³/mol. The van der Waals surface area contributed by atoms with Gasteiger partial charge in [-0.3, -0.25) is 0 Å². The lowest BCUT2D eigenvalue weighted by Gasteiger charge is -2.10. The van der Waals surface area contributed by atoms with Crippen LogP contribution in [0.15, 0.2) is 24.3 Å². The molecule has 0 spiro atoms. The molecular formula is C11H16NOP. The van der Waals surface area contributed by atoms with Crippen molar-refractivity contribution in [3.05, 3.63) is 29.8 Å². The van der Waals surface area contributed by atoms with Crippen molar-refractivity contribution in [3.63, 3.8) is 0 Å². The summed E-state index contributed by atoms with van der Waals surface area (Å²) in [5.41, 5.74) is 7.55. The highest BCUT2D eigenvalue weighted by atomic mass is 31.2. The minimum Gasteiger partial charge on any atom is -0.399 e. The van der Waals surface area contributed by atoms with E-state index in [0.29, 0.717) is 0 Å². The predicted octanol–water partition coefficient (Wildman–Crippen LogP) is 2.93. The van der Waals surface area contributed by atoms with Gasteiger partial charge in [-0.05, 0) is 30.5 Å². The molecule has 1 fully saturated rings. The zero-order valence-electron chi connectivity index (χ0n) is 8.28. The van der Waals surface area contributed by atoms with Crippen molar-refractivity contribution in [3.8, 4) is 0 Å². The van der Waals surface area contributed by atoms with E-state index < -0.39 is 7.14 Å². The number of nitrogens with two attached hydrogens (primary N) is 1. The molecule has 1 aromatic rings. The second kappa shape index (κ2) is 3.78. The molecule has 2 rings (SSSR count). The Morgan fingerprint density at radius 2 is 1.71 bits per heavy atom. The molecule has 1 saturated heterocycles. The maximum atomic E-state index is 12.2. The molecule has 0 aliphatic carbocycles. The summed E-state index contributed by atoms with van der Waals surface area (Å²) < 4.78 is 12.2. The monoisotopic (exact) mass is 209 g/mol. The van der Waals surface area contributed by atoms with Crippen LogP contribution in [0.3, 0.4) is 0 Å². The molecule has 0 unspecified atom stereocenters. The van der Waals surface area contributed by atoms with Crippen LogP contribution in [0.2, 0.25) is 0 Å². The average molecular weight is 209 g/mol. The molecule has 0 atom stereocenters. The molecule has 1 heterocycles. The number of hydrogen-bond acceptors (Lipinski definition) is 2. The molecule has 0 amide bonds. The lowest BCUT2D eigenvalue weighted by atomic mass is 10.2. The van der Waals surface area contributed by atoms with Crippen molar-refractivity contribution in [1.82, 2.24) is 0 Å². The van der Waals surface area contributed by atoms with Crippen molar-refractivity contribution < 1.29 is 4.57 Å². The van der Waals surface area contributed by atoms with E-state index in [0.717, 1.165) is 37.0 Å². The lowest BCUT2D eigenvalue weighted by molar-refractivity contribution is 0.578. The van der Waals surface area contributed by atoms with Gasteiger partial charge in [-0.1, -0.05) is 12.1 Å². The van der Waals surface area contributed by atoms with Gasteiger partial charge in [0.1, 0.15) is 0 Å². The Kier molecular flexibility index (Phi) is 2.64.